The third-order valence-electron chi connectivity index (χ3n) is 1.97. The van der Waals surface area contributed by atoms with Crippen molar-refractivity contribution in [2.24, 2.45) is 0 Å². The van der Waals surface area contributed by atoms with Crippen LogP contribution in [-0.4, -0.2) is 13.4 Å². The molecular formula is C10H11FO2. The molecule has 1 rings (SSSR count). The van der Waals surface area contributed by atoms with E-state index in [0.717, 1.165) is 0 Å². The normalized spacial score (nSPS) is 12.5. The van der Waals surface area contributed by atoms with Crippen LogP contribution in [0, 0.1) is 5.82 Å². The van der Waals surface area contributed by atoms with Gasteiger partial charge in [0.05, 0.1) is 6.10 Å². The zero-order chi connectivity index (χ0) is 9.84. The molecule has 0 aromatic heterocycles. The van der Waals surface area contributed by atoms with Gasteiger partial charge in [0.25, 0.3) is 0 Å². The number of methoxy groups -OCH3 is 1. The molecule has 0 aliphatic carbocycles. The smallest absolute Gasteiger partial charge is 0.150 e. The Hall–Kier alpha value is -1.22. The molecule has 0 aliphatic heterocycles. The van der Waals surface area contributed by atoms with Crippen LogP contribution in [0.2, 0.25) is 0 Å². The zero-order valence-electron chi connectivity index (χ0n) is 7.58. The van der Waals surface area contributed by atoms with Crippen LogP contribution in [0.1, 0.15) is 28.9 Å². The van der Waals surface area contributed by atoms with Gasteiger partial charge in [-0.05, 0) is 24.6 Å². The third-order valence-corrected chi connectivity index (χ3v) is 1.97. The highest BCUT2D eigenvalue weighted by atomic mass is 19.1. The average molecular weight is 182 g/mol. The lowest BCUT2D eigenvalue weighted by Gasteiger charge is -2.11. The van der Waals surface area contributed by atoms with Crippen LogP contribution in [0.5, 0.6) is 0 Å². The van der Waals surface area contributed by atoms with Crippen LogP contribution in [0.4, 0.5) is 4.39 Å². The molecule has 1 atom stereocenters. The minimum atomic E-state index is -0.408. The minimum Gasteiger partial charge on any atom is -0.377 e. The van der Waals surface area contributed by atoms with Gasteiger partial charge in [0, 0.05) is 12.7 Å². The van der Waals surface area contributed by atoms with Crippen molar-refractivity contribution in [3.05, 3.63) is 35.1 Å². The number of aldehydes is 1. The van der Waals surface area contributed by atoms with E-state index in [-0.39, 0.29) is 6.10 Å². The van der Waals surface area contributed by atoms with Gasteiger partial charge < -0.3 is 4.74 Å². The van der Waals surface area contributed by atoms with Crippen molar-refractivity contribution in [2.45, 2.75) is 13.0 Å². The van der Waals surface area contributed by atoms with Crippen molar-refractivity contribution in [1.29, 1.82) is 0 Å². The van der Waals surface area contributed by atoms with E-state index in [9.17, 15) is 9.18 Å². The van der Waals surface area contributed by atoms with Crippen molar-refractivity contribution in [3.63, 3.8) is 0 Å². The summed E-state index contributed by atoms with van der Waals surface area (Å²) < 4.78 is 17.7. The monoisotopic (exact) mass is 182 g/mol. The van der Waals surface area contributed by atoms with E-state index in [1.54, 1.807) is 20.1 Å². The lowest BCUT2D eigenvalue weighted by atomic mass is 10.0. The first kappa shape index (κ1) is 9.86. The summed E-state index contributed by atoms with van der Waals surface area (Å²) in [6.45, 7) is 1.81. The summed E-state index contributed by atoms with van der Waals surface area (Å²) in [6, 6.07) is 4.09. The van der Waals surface area contributed by atoms with E-state index in [1.165, 1.54) is 12.1 Å². The number of hydrogen-bond acceptors (Lipinski definition) is 2. The van der Waals surface area contributed by atoms with Crippen LogP contribution in [0.25, 0.3) is 0 Å². The largest absolute Gasteiger partial charge is 0.377 e. The maximum Gasteiger partial charge on any atom is 0.150 e. The van der Waals surface area contributed by atoms with Crippen molar-refractivity contribution in [3.8, 4) is 0 Å². The van der Waals surface area contributed by atoms with Crippen molar-refractivity contribution in [2.75, 3.05) is 7.11 Å². The fourth-order valence-electron chi connectivity index (χ4n) is 1.14. The van der Waals surface area contributed by atoms with Crippen LogP contribution in [0.15, 0.2) is 18.2 Å². The van der Waals surface area contributed by atoms with Gasteiger partial charge in [-0.1, -0.05) is 6.07 Å². The number of hydrogen-bond donors (Lipinski definition) is 0. The Labute approximate surface area is 76.3 Å². The molecule has 1 unspecified atom stereocenters. The topological polar surface area (TPSA) is 26.3 Å². The summed E-state index contributed by atoms with van der Waals surface area (Å²) >= 11 is 0. The minimum absolute atomic E-state index is 0.194. The molecule has 13 heavy (non-hydrogen) atoms. The number of carbonyl (C=O) groups excluding carboxylic acids is 1. The van der Waals surface area contributed by atoms with Crippen molar-refractivity contribution < 1.29 is 13.9 Å². The van der Waals surface area contributed by atoms with Crippen LogP contribution in [-0.2, 0) is 4.74 Å². The lowest BCUT2D eigenvalue weighted by Crippen LogP contribution is -2.01. The van der Waals surface area contributed by atoms with Crippen molar-refractivity contribution in [1.82, 2.24) is 0 Å². The molecule has 0 saturated carbocycles. The highest BCUT2D eigenvalue weighted by molar-refractivity contribution is 5.77. The molecule has 0 N–H and O–H groups in total. The second-order valence-electron chi connectivity index (χ2n) is 2.77. The Morgan fingerprint density at radius 1 is 1.54 bits per heavy atom. The fraction of sp³-hybridized carbons (Fsp3) is 0.300. The molecule has 70 valence electrons. The predicted octanol–water partition coefficient (Wildman–Crippen LogP) is 2.35. The Bertz CT molecular complexity index is 310. The number of benzene rings is 1. The maximum atomic E-state index is 12.7. The lowest BCUT2D eigenvalue weighted by molar-refractivity contribution is 0.108. The second kappa shape index (κ2) is 4.14. The Balaban J connectivity index is 3.13. The first-order valence-corrected chi connectivity index (χ1v) is 3.96. The Morgan fingerprint density at radius 3 is 2.77 bits per heavy atom. The van der Waals surface area contributed by atoms with E-state index in [4.69, 9.17) is 4.74 Å². The van der Waals surface area contributed by atoms with E-state index in [0.29, 0.717) is 17.4 Å². The molecule has 1 aromatic carbocycles. The van der Waals surface area contributed by atoms with E-state index < -0.39 is 5.82 Å². The van der Waals surface area contributed by atoms with E-state index in [2.05, 4.69) is 0 Å². The third kappa shape index (κ3) is 2.12. The Kier molecular flexibility index (Phi) is 3.14. The van der Waals surface area contributed by atoms with E-state index in [1.807, 2.05) is 0 Å². The van der Waals surface area contributed by atoms with Crippen molar-refractivity contribution >= 4 is 6.29 Å². The van der Waals surface area contributed by atoms with Crippen LogP contribution in [0.3, 0.4) is 0 Å². The van der Waals surface area contributed by atoms with Gasteiger partial charge in [-0.25, -0.2) is 4.39 Å². The highest BCUT2D eigenvalue weighted by Gasteiger charge is 2.09. The number of ether oxygens (including phenoxy) is 1. The van der Waals surface area contributed by atoms with Gasteiger partial charge in [-0.2, -0.15) is 0 Å². The van der Waals surface area contributed by atoms with Gasteiger partial charge in [0.1, 0.15) is 5.82 Å². The van der Waals surface area contributed by atoms with Gasteiger partial charge in [-0.15, -0.1) is 0 Å². The van der Waals surface area contributed by atoms with Crippen LogP contribution >= 0.6 is 0 Å². The molecule has 2 nitrogen and oxygen atoms in total. The molecule has 0 heterocycles. The maximum absolute atomic E-state index is 12.7. The molecular weight excluding hydrogens is 171 g/mol. The summed E-state index contributed by atoms with van der Waals surface area (Å²) in [5.41, 5.74) is 1.05. The standard InChI is InChI=1S/C10H11FO2/c1-7(13-2)10-4-3-9(11)5-8(10)6-12/h3-7H,1-2H3. The second-order valence-corrected chi connectivity index (χ2v) is 2.77. The summed E-state index contributed by atoms with van der Waals surface area (Å²) in [6.07, 6.45) is 0.439. The van der Waals surface area contributed by atoms with Gasteiger partial charge in [-0.3, -0.25) is 4.79 Å². The van der Waals surface area contributed by atoms with Gasteiger partial charge in [0.15, 0.2) is 6.29 Å². The van der Waals surface area contributed by atoms with Crippen LogP contribution < -0.4 is 0 Å². The molecule has 0 radical (unpaired) electrons. The number of carbonyl (C=O) groups is 1. The first-order chi connectivity index (χ1) is 6.19. The molecule has 0 fully saturated rings. The van der Waals surface area contributed by atoms with Gasteiger partial charge >= 0.3 is 0 Å². The molecule has 0 spiro atoms. The first-order valence-electron chi connectivity index (χ1n) is 3.96. The Morgan fingerprint density at radius 2 is 2.23 bits per heavy atom. The zero-order valence-corrected chi connectivity index (χ0v) is 7.58. The fourth-order valence-corrected chi connectivity index (χ4v) is 1.14. The highest BCUT2D eigenvalue weighted by Crippen LogP contribution is 2.19. The molecule has 0 saturated heterocycles. The average Bonchev–Trinajstić information content (AvgIpc) is 2.16. The molecule has 0 aliphatic rings. The van der Waals surface area contributed by atoms with E-state index >= 15 is 0 Å². The quantitative estimate of drug-likeness (QED) is 0.670. The summed E-state index contributed by atoms with van der Waals surface area (Å²) in [5.74, 6) is -0.408. The summed E-state index contributed by atoms with van der Waals surface area (Å²) in [5, 5.41) is 0. The SMILES string of the molecule is COC(C)c1ccc(F)cc1C=O. The molecule has 1 aromatic rings. The number of halogens is 1. The summed E-state index contributed by atoms with van der Waals surface area (Å²) in [4.78, 5) is 10.6. The molecule has 0 amide bonds. The molecule has 0 bridgehead atoms. The summed E-state index contributed by atoms with van der Waals surface area (Å²) in [7, 11) is 1.54. The molecule has 3 heteroatoms. The number of rotatable bonds is 3. The van der Waals surface area contributed by atoms with Gasteiger partial charge in [0.2, 0.25) is 0 Å². The predicted molar refractivity (Wildman–Crippen MR) is 47.2 cm³/mol.